The van der Waals surface area contributed by atoms with Gasteiger partial charge in [0.25, 0.3) is 16.0 Å². The van der Waals surface area contributed by atoms with Crippen molar-refractivity contribution >= 4 is 71.4 Å². The highest BCUT2D eigenvalue weighted by Crippen LogP contribution is 2.46. The number of fused-ring (bicyclic) bond motifs is 2. The summed E-state index contributed by atoms with van der Waals surface area (Å²) < 4.78 is 80.2. The molecule has 2 aromatic rings. The number of Topliss-reactive ketones (excluding diaryl/α,β-unsaturated/α-hetero) is 1. The maximum atomic E-state index is 13.8. The van der Waals surface area contributed by atoms with Gasteiger partial charge in [0.05, 0.1) is 28.6 Å². The number of halogens is 1. The molecule has 45 heavy (non-hydrogen) atoms. The van der Waals surface area contributed by atoms with Crippen molar-refractivity contribution in [1.29, 1.82) is 0 Å². The van der Waals surface area contributed by atoms with Crippen LogP contribution in [0, 0.1) is 5.92 Å². The fraction of sp³-hybridized carbons (Fsp3) is 0.300. The number of carbonyl (C=O) groups excluding carboxylic acids is 2. The van der Waals surface area contributed by atoms with Crippen LogP contribution in [0.15, 0.2) is 62.7 Å². The number of rotatable bonds is 11. The number of hydrogen-bond acceptors (Lipinski definition) is 8. The summed E-state index contributed by atoms with van der Waals surface area (Å²) in [5.41, 5.74) is 0.457. The van der Waals surface area contributed by atoms with Crippen molar-refractivity contribution in [2.75, 3.05) is 23.7 Å². The molecule has 2 aliphatic rings. The smallest absolute Gasteiger partial charge is 0.304 e. The van der Waals surface area contributed by atoms with Gasteiger partial charge in [-0.15, -0.1) is 0 Å². The van der Waals surface area contributed by atoms with Crippen LogP contribution in [-0.4, -0.2) is 62.7 Å². The van der Waals surface area contributed by atoms with E-state index in [2.05, 4.69) is 8.52 Å². The SMILES string of the molecule is CC[NH+]=c1ccc2c(-c3ccccc3C(=O)N(C)CCCC(=O)C(C)C)c3ccc(NI)c(S(=O)(=O)O)c3oc-2c1S(=O)(=O)O. The van der Waals surface area contributed by atoms with Crippen molar-refractivity contribution in [1.82, 2.24) is 4.90 Å². The molecule has 15 heteroatoms. The van der Waals surface area contributed by atoms with E-state index < -0.39 is 47.3 Å². The number of nitrogens with zero attached hydrogens (tertiary/aromatic N) is 1. The molecule has 1 heterocycles. The number of amides is 1. The maximum Gasteiger partial charge on any atom is 0.304 e. The van der Waals surface area contributed by atoms with E-state index in [1.165, 1.54) is 23.1 Å². The molecule has 0 fully saturated rings. The van der Waals surface area contributed by atoms with Gasteiger partial charge >= 0.3 is 10.1 Å². The van der Waals surface area contributed by atoms with Crippen LogP contribution in [0.25, 0.3) is 33.4 Å². The molecule has 2 aromatic carbocycles. The zero-order valence-electron chi connectivity index (χ0n) is 24.9. The molecule has 240 valence electrons. The van der Waals surface area contributed by atoms with E-state index in [1.807, 2.05) is 13.8 Å². The Bertz CT molecular complexity index is 2060. The Morgan fingerprint density at radius 3 is 2.24 bits per heavy atom. The predicted octanol–water partition coefficient (Wildman–Crippen LogP) is 3.54. The van der Waals surface area contributed by atoms with Crippen LogP contribution in [0.5, 0.6) is 0 Å². The first-order valence-corrected chi connectivity index (χ1v) is 17.9. The highest BCUT2D eigenvalue weighted by atomic mass is 127. The highest BCUT2D eigenvalue weighted by Gasteiger charge is 2.33. The Balaban J connectivity index is 2.11. The monoisotopic (exact) mass is 770 g/mol. The van der Waals surface area contributed by atoms with Crippen LogP contribution in [0.2, 0.25) is 0 Å². The molecule has 0 saturated carbocycles. The van der Waals surface area contributed by atoms with E-state index in [0.29, 0.717) is 18.4 Å². The lowest BCUT2D eigenvalue weighted by atomic mass is 9.90. The molecular formula is C30H33IN3O9S2+. The molecule has 1 aliphatic carbocycles. The summed E-state index contributed by atoms with van der Waals surface area (Å²) in [6.07, 6.45) is 0.761. The third kappa shape index (κ3) is 7.06. The van der Waals surface area contributed by atoms with Crippen LogP contribution in [0.1, 0.15) is 44.0 Å². The largest absolute Gasteiger partial charge is 0.453 e. The maximum absolute atomic E-state index is 13.8. The van der Waals surface area contributed by atoms with Gasteiger partial charge in [-0.25, -0.2) is 4.99 Å². The summed E-state index contributed by atoms with van der Waals surface area (Å²) in [6, 6.07) is 12.4. The van der Waals surface area contributed by atoms with Gasteiger partial charge in [-0.05, 0) is 43.2 Å². The molecule has 0 bridgehead atoms. The standard InChI is InChI=1S/C30H32IN3O9S2/c1-5-32-22-14-12-20-25(18-9-6-7-10-19(18)30(36)34(4)16-8-11-24(35)17(2)3)21-13-15-23(33-31)29(45(40,41)42)27(21)43-26(20)28(22)44(37,38)39/h6-7,9-10,12-15,17,33H,5,8,11,16H2,1-4H3,(H,37,38,39)(H,40,41,42)/p+1. The number of nitrogens with one attached hydrogen (secondary N) is 2. The molecule has 0 atom stereocenters. The van der Waals surface area contributed by atoms with E-state index in [-0.39, 0.29) is 57.9 Å². The van der Waals surface area contributed by atoms with E-state index in [9.17, 15) is 35.5 Å². The average molecular weight is 771 g/mol. The van der Waals surface area contributed by atoms with E-state index in [0.717, 1.165) is 0 Å². The molecule has 4 rings (SSSR count). The summed E-state index contributed by atoms with van der Waals surface area (Å²) >= 11 is 1.68. The third-order valence-corrected chi connectivity index (χ3v) is 9.71. The summed E-state index contributed by atoms with van der Waals surface area (Å²) in [5, 5.41) is 0.145. The second-order valence-electron chi connectivity index (χ2n) is 10.7. The third-order valence-electron chi connectivity index (χ3n) is 7.29. The van der Waals surface area contributed by atoms with Crippen molar-refractivity contribution in [3.63, 3.8) is 0 Å². The summed E-state index contributed by atoms with van der Waals surface area (Å²) in [7, 11) is -8.33. The zero-order valence-corrected chi connectivity index (χ0v) is 28.7. The van der Waals surface area contributed by atoms with Crippen LogP contribution < -0.4 is 13.9 Å². The van der Waals surface area contributed by atoms with Gasteiger partial charge < -0.3 is 12.8 Å². The number of ketones is 1. The minimum atomic E-state index is -4.97. The Morgan fingerprint density at radius 1 is 0.978 bits per heavy atom. The lowest BCUT2D eigenvalue weighted by molar-refractivity contribution is -0.498. The van der Waals surface area contributed by atoms with Gasteiger partial charge in [-0.2, -0.15) is 16.8 Å². The van der Waals surface area contributed by atoms with Gasteiger partial charge in [0.1, 0.15) is 12.3 Å². The second-order valence-corrected chi connectivity index (χ2v) is 13.9. The number of anilines is 1. The Morgan fingerprint density at radius 2 is 1.64 bits per heavy atom. The summed E-state index contributed by atoms with van der Waals surface area (Å²) in [6.45, 7) is 5.91. The van der Waals surface area contributed by atoms with Crippen molar-refractivity contribution in [2.24, 2.45) is 5.92 Å². The quantitative estimate of drug-likeness (QED) is 0.0762. The topological polar surface area (TPSA) is 185 Å². The van der Waals surface area contributed by atoms with Crippen LogP contribution in [-0.2, 0) is 25.0 Å². The molecule has 0 unspecified atom stereocenters. The van der Waals surface area contributed by atoms with Gasteiger partial charge in [0.2, 0.25) is 10.3 Å². The second kappa shape index (κ2) is 13.5. The Kier molecular flexibility index (Phi) is 10.4. The lowest BCUT2D eigenvalue weighted by Crippen LogP contribution is -2.76. The first-order chi connectivity index (χ1) is 21.1. The average Bonchev–Trinajstić information content (AvgIpc) is 2.97. The normalized spacial score (nSPS) is 12.7. The number of hydrogen-bond donors (Lipinski definition) is 4. The molecule has 0 spiro atoms. The molecule has 1 aliphatic heterocycles. The van der Waals surface area contributed by atoms with Crippen LogP contribution >= 0.6 is 22.9 Å². The minimum absolute atomic E-state index is 0.00170. The zero-order chi connectivity index (χ0) is 33.3. The molecule has 1 amide bonds. The van der Waals surface area contributed by atoms with Gasteiger partial charge in [-0.3, -0.25) is 18.7 Å². The lowest BCUT2D eigenvalue weighted by Gasteiger charge is -2.22. The van der Waals surface area contributed by atoms with E-state index >= 15 is 0 Å². The fourth-order valence-corrected chi connectivity index (χ4v) is 7.37. The first-order valence-electron chi connectivity index (χ1n) is 13.9. The molecule has 0 aromatic heterocycles. The molecule has 0 saturated heterocycles. The predicted molar refractivity (Wildman–Crippen MR) is 176 cm³/mol. The van der Waals surface area contributed by atoms with E-state index in [4.69, 9.17) is 4.42 Å². The van der Waals surface area contributed by atoms with Crippen molar-refractivity contribution in [3.05, 3.63) is 59.5 Å². The van der Waals surface area contributed by atoms with Crippen molar-refractivity contribution in [2.45, 2.75) is 43.4 Å². The van der Waals surface area contributed by atoms with Crippen LogP contribution in [0.3, 0.4) is 0 Å². The Labute approximate surface area is 274 Å². The van der Waals surface area contributed by atoms with Crippen LogP contribution in [0.4, 0.5) is 5.69 Å². The summed E-state index contributed by atoms with van der Waals surface area (Å²) in [5.74, 6) is -0.821. The molecule has 4 N–H and O–H groups in total. The van der Waals surface area contributed by atoms with Gasteiger partial charge in [-0.1, -0.05) is 32.0 Å². The molecular weight excluding hydrogens is 737 g/mol. The number of carbonyl (C=O) groups is 2. The summed E-state index contributed by atoms with van der Waals surface area (Å²) in [4.78, 5) is 29.0. The van der Waals surface area contributed by atoms with Crippen molar-refractivity contribution < 1.29 is 44.9 Å². The first kappa shape index (κ1) is 34.5. The minimum Gasteiger partial charge on any atom is -0.453 e. The van der Waals surface area contributed by atoms with Gasteiger partial charge in [0.15, 0.2) is 16.2 Å². The highest BCUT2D eigenvalue weighted by molar-refractivity contribution is 14.1. The van der Waals surface area contributed by atoms with Gasteiger partial charge in [0, 0.05) is 54.1 Å². The molecule has 12 nitrogen and oxygen atoms in total. The van der Waals surface area contributed by atoms with E-state index in [1.54, 1.807) is 67.2 Å². The number of benzene rings is 3. The Hall–Kier alpha value is -3.38. The van der Waals surface area contributed by atoms with Crippen molar-refractivity contribution in [3.8, 4) is 22.5 Å². The molecule has 0 radical (unpaired) electrons. The fourth-order valence-electron chi connectivity index (χ4n) is 5.15.